The topological polar surface area (TPSA) is 90.2 Å². The van der Waals surface area contributed by atoms with Gasteiger partial charge in [-0.1, -0.05) is 37.3 Å². The van der Waals surface area contributed by atoms with Gasteiger partial charge in [0.25, 0.3) is 0 Å². The summed E-state index contributed by atoms with van der Waals surface area (Å²) in [5.41, 5.74) is 1.33. The summed E-state index contributed by atoms with van der Waals surface area (Å²) in [6, 6.07) is 16.4. The summed E-state index contributed by atoms with van der Waals surface area (Å²) in [7, 11) is -3.77. The molecule has 0 heterocycles. The van der Waals surface area contributed by atoms with E-state index in [1.807, 2.05) is 43.3 Å². The number of sulfonamides is 1. The van der Waals surface area contributed by atoms with Crippen molar-refractivity contribution in [2.24, 2.45) is 0 Å². The molecule has 2 aromatic carbocycles. The number of nitriles is 1. The normalized spacial score (nSPS) is 14.0. The maximum Gasteiger partial charge on any atom is 0.240 e. The number of benzene rings is 2. The third kappa shape index (κ3) is 4.17. The van der Waals surface area contributed by atoms with Gasteiger partial charge in [0.15, 0.2) is 0 Å². The first kappa shape index (κ1) is 17.2. The largest absolute Gasteiger partial charge is 0.395 e. The van der Waals surface area contributed by atoms with Crippen molar-refractivity contribution in [1.82, 2.24) is 4.72 Å². The molecule has 0 amide bonds. The van der Waals surface area contributed by atoms with Gasteiger partial charge in [0.1, 0.15) is 0 Å². The lowest BCUT2D eigenvalue weighted by atomic mass is 9.94. The van der Waals surface area contributed by atoms with Crippen molar-refractivity contribution in [1.29, 1.82) is 5.26 Å². The molecule has 0 bridgehead atoms. The van der Waals surface area contributed by atoms with E-state index < -0.39 is 16.1 Å². The molecule has 0 radical (unpaired) electrons. The van der Waals surface area contributed by atoms with Crippen LogP contribution in [0.5, 0.6) is 0 Å². The fraction of sp³-hybridized carbons (Fsp3) is 0.235. The molecule has 23 heavy (non-hydrogen) atoms. The Bertz CT molecular complexity index is 781. The lowest BCUT2D eigenvalue weighted by Gasteiger charge is -2.23. The fourth-order valence-electron chi connectivity index (χ4n) is 2.26. The van der Waals surface area contributed by atoms with E-state index in [9.17, 15) is 13.5 Å². The molecular formula is C17H18N2O3S. The molecule has 0 aliphatic rings. The highest BCUT2D eigenvalue weighted by Crippen LogP contribution is 2.21. The van der Waals surface area contributed by atoms with Crippen LogP contribution in [0.15, 0.2) is 59.5 Å². The molecule has 120 valence electrons. The number of aliphatic hydroxyl groups is 1. The summed E-state index contributed by atoms with van der Waals surface area (Å²) in [5, 5.41) is 18.3. The maximum atomic E-state index is 12.4. The van der Waals surface area contributed by atoms with Crippen molar-refractivity contribution >= 4 is 10.0 Å². The second kappa shape index (κ2) is 7.38. The fourth-order valence-corrected chi connectivity index (χ4v) is 3.57. The zero-order valence-corrected chi connectivity index (χ0v) is 13.5. The van der Waals surface area contributed by atoms with Crippen molar-refractivity contribution in [3.05, 3.63) is 65.7 Å². The van der Waals surface area contributed by atoms with E-state index in [0.29, 0.717) is 5.56 Å². The summed E-state index contributed by atoms with van der Waals surface area (Å²) >= 11 is 0. The van der Waals surface area contributed by atoms with Crippen LogP contribution >= 0.6 is 0 Å². The van der Waals surface area contributed by atoms with Gasteiger partial charge in [-0.05, 0) is 35.7 Å². The van der Waals surface area contributed by atoms with Gasteiger partial charge in [0.05, 0.1) is 29.2 Å². The SMILES string of the molecule is C[C@@H](c1ccccc1)[C@H](CO)NS(=O)(=O)c1ccc(C#N)cc1. The van der Waals surface area contributed by atoms with Crippen LogP contribution in [0.2, 0.25) is 0 Å². The van der Waals surface area contributed by atoms with E-state index in [2.05, 4.69) is 4.72 Å². The number of aliphatic hydroxyl groups excluding tert-OH is 1. The molecule has 2 atom stereocenters. The van der Waals surface area contributed by atoms with E-state index in [0.717, 1.165) is 5.56 Å². The Balaban J connectivity index is 2.21. The van der Waals surface area contributed by atoms with E-state index in [1.165, 1.54) is 24.3 Å². The second-order valence-electron chi connectivity index (χ2n) is 5.25. The zero-order chi connectivity index (χ0) is 16.9. The number of rotatable bonds is 6. The molecule has 5 nitrogen and oxygen atoms in total. The van der Waals surface area contributed by atoms with E-state index in [-0.39, 0.29) is 17.4 Å². The second-order valence-corrected chi connectivity index (χ2v) is 6.96. The van der Waals surface area contributed by atoms with Crippen molar-refractivity contribution in [3.63, 3.8) is 0 Å². The summed E-state index contributed by atoms with van der Waals surface area (Å²) in [6.07, 6.45) is 0. The zero-order valence-electron chi connectivity index (χ0n) is 12.7. The summed E-state index contributed by atoms with van der Waals surface area (Å²) in [4.78, 5) is 0.0650. The summed E-state index contributed by atoms with van der Waals surface area (Å²) in [5.74, 6) is -0.186. The summed E-state index contributed by atoms with van der Waals surface area (Å²) in [6.45, 7) is 1.54. The van der Waals surface area contributed by atoms with Crippen LogP contribution in [0.1, 0.15) is 24.0 Å². The molecule has 0 saturated carbocycles. The van der Waals surface area contributed by atoms with Crippen molar-refractivity contribution < 1.29 is 13.5 Å². The Hall–Kier alpha value is -2.20. The minimum atomic E-state index is -3.77. The van der Waals surface area contributed by atoms with Gasteiger partial charge >= 0.3 is 0 Å². The third-order valence-electron chi connectivity index (χ3n) is 3.73. The molecule has 2 aromatic rings. The highest BCUT2D eigenvalue weighted by Gasteiger charge is 2.25. The van der Waals surface area contributed by atoms with Gasteiger partial charge in [-0.25, -0.2) is 13.1 Å². The Kier molecular flexibility index (Phi) is 5.50. The Morgan fingerprint density at radius 1 is 1.13 bits per heavy atom. The molecule has 0 aliphatic heterocycles. The first-order valence-corrected chi connectivity index (χ1v) is 8.64. The van der Waals surface area contributed by atoms with E-state index in [4.69, 9.17) is 5.26 Å². The van der Waals surface area contributed by atoms with Crippen molar-refractivity contribution in [2.75, 3.05) is 6.61 Å². The number of nitrogens with zero attached hydrogens (tertiary/aromatic N) is 1. The minimum absolute atomic E-state index is 0.0650. The number of nitrogens with one attached hydrogen (secondary N) is 1. The van der Waals surface area contributed by atoms with Gasteiger partial charge in [0, 0.05) is 0 Å². The van der Waals surface area contributed by atoms with Gasteiger partial charge in [-0.2, -0.15) is 5.26 Å². The van der Waals surface area contributed by atoms with E-state index in [1.54, 1.807) is 0 Å². The first-order valence-electron chi connectivity index (χ1n) is 7.16. The molecule has 6 heteroatoms. The van der Waals surface area contributed by atoms with Crippen LogP contribution < -0.4 is 4.72 Å². The lowest BCUT2D eigenvalue weighted by molar-refractivity contribution is 0.242. The van der Waals surface area contributed by atoms with Gasteiger partial charge in [-0.15, -0.1) is 0 Å². The molecule has 0 aliphatic carbocycles. The monoisotopic (exact) mass is 330 g/mol. The first-order chi connectivity index (χ1) is 11.0. The average Bonchev–Trinajstić information content (AvgIpc) is 2.60. The van der Waals surface area contributed by atoms with Gasteiger partial charge < -0.3 is 5.11 Å². The van der Waals surface area contributed by atoms with Crippen LogP contribution in [-0.4, -0.2) is 26.2 Å². The number of hydrogen-bond acceptors (Lipinski definition) is 4. The number of hydrogen-bond donors (Lipinski definition) is 2. The molecular weight excluding hydrogens is 312 g/mol. The molecule has 0 aromatic heterocycles. The lowest BCUT2D eigenvalue weighted by Crippen LogP contribution is -2.41. The Morgan fingerprint density at radius 2 is 1.74 bits per heavy atom. The predicted molar refractivity (Wildman–Crippen MR) is 87.2 cm³/mol. The molecule has 2 rings (SSSR count). The third-order valence-corrected chi connectivity index (χ3v) is 5.23. The Morgan fingerprint density at radius 3 is 2.26 bits per heavy atom. The standard InChI is InChI=1S/C17H18N2O3S/c1-13(15-5-3-2-4-6-15)17(12-20)19-23(21,22)16-9-7-14(11-18)8-10-16/h2-10,13,17,19-20H,12H2,1H3/t13-,17-/m0/s1. The maximum absolute atomic E-state index is 12.4. The van der Waals surface area contributed by atoms with Crippen LogP contribution in [0.4, 0.5) is 0 Å². The van der Waals surface area contributed by atoms with Crippen molar-refractivity contribution in [3.8, 4) is 6.07 Å². The van der Waals surface area contributed by atoms with Gasteiger partial charge in [-0.3, -0.25) is 0 Å². The van der Waals surface area contributed by atoms with Crippen LogP contribution in [0.25, 0.3) is 0 Å². The molecule has 0 saturated heterocycles. The van der Waals surface area contributed by atoms with Crippen LogP contribution in [-0.2, 0) is 10.0 Å². The summed E-state index contributed by atoms with van der Waals surface area (Å²) < 4.78 is 27.4. The molecule has 0 fully saturated rings. The average molecular weight is 330 g/mol. The highest BCUT2D eigenvalue weighted by atomic mass is 32.2. The smallest absolute Gasteiger partial charge is 0.240 e. The molecule has 0 spiro atoms. The van der Waals surface area contributed by atoms with Crippen molar-refractivity contribution in [2.45, 2.75) is 23.8 Å². The minimum Gasteiger partial charge on any atom is -0.395 e. The van der Waals surface area contributed by atoms with E-state index >= 15 is 0 Å². The predicted octanol–water partition coefficient (Wildman–Crippen LogP) is 2.00. The van der Waals surface area contributed by atoms with Crippen LogP contribution in [0.3, 0.4) is 0 Å². The molecule has 0 unspecified atom stereocenters. The van der Waals surface area contributed by atoms with Gasteiger partial charge in [0.2, 0.25) is 10.0 Å². The molecule has 2 N–H and O–H groups in total. The van der Waals surface area contributed by atoms with Crippen LogP contribution in [0, 0.1) is 11.3 Å². The Labute approximate surface area is 136 Å². The highest BCUT2D eigenvalue weighted by molar-refractivity contribution is 7.89. The quantitative estimate of drug-likeness (QED) is 0.847.